The number of benzene rings is 2. The van der Waals surface area contributed by atoms with Crippen molar-refractivity contribution >= 4 is 5.91 Å². The number of amides is 1. The van der Waals surface area contributed by atoms with Gasteiger partial charge in [-0.05, 0) is 36.8 Å². The van der Waals surface area contributed by atoms with E-state index in [-0.39, 0.29) is 12.0 Å². The summed E-state index contributed by atoms with van der Waals surface area (Å²) in [5.41, 5.74) is 1.01. The van der Waals surface area contributed by atoms with E-state index in [4.69, 9.17) is 14.2 Å². The van der Waals surface area contributed by atoms with Gasteiger partial charge in [-0.3, -0.25) is 4.79 Å². The van der Waals surface area contributed by atoms with Crippen LogP contribution < -0.4 is 14.2 Å². The number of likely N-dealkylation sites (N-methyl/N-ethyl adjacent to an activating group) is 1. The Kier molecular flexibility index (Phi) is 5.46. The van der Waals surface area contributed by atoms with E-state index in [9.17, 15) is 4.79 Å². The fourth-order valence-electron chi connectivity index (χ4n) is 2.81. The lowest BCUT2D eigenvalue weighted by Crippen LogP contribution is -2.49. The Morgan fingerprint density at radius 2 is 1.81 bits per heavy atom. The fraction of sp³-hybridized carbons (Fsp3) is 0.286. The molecule has 2 aromatic rings. The normalized spacial score (nSPS) is 18.1. The molecule has 0 aromatic heterocycles. The monoisotopic (exact) mass is 353 g/mol. The Morgan fingerprint density at radius 1 is 1.15 bits per heavy atom. The highest BCUT2D eigenvalue weighted by Gasteiger charge is 2.35. The van der Waals surface area contributed by atoms with Crippen LogP contribution in [0.4, 0.5) is 0 Å². The molecular formula is C21H23NO4. The predicted octanol–water partition coefficient (Wildman–Crippen LogP) is 3.44. The summed E-state index contributed by atoms with van der Waals surface area (Å²) in [6, 6.07) is 15.0. The second-order valence-electron chi connectivity index (χ2n) is 6.25. The zero-order valence-electron chi connectivity index (χ0n) is 15.1. The molecule has 26 heavy (non-hydrogen) atoms. The first kappa shape index (κ1) is 17.9. The van der Waals surface area contributed by atoms with Crippen LogP contribution in [0, 0.1) is 0 Å². The van der Waals surface area contributed by atoms with Crippen molar-refractivity contribution in [3.05, 3.63) is 66.7 Å². The maximum absolute atomic E-state index is 12.8. The largest absolute Gasteiger partial charge is 0.490 e. The predicted molar refractivity (Wildman–Crippen MR) is 99.6 cm³/mol. The number of fused-ring (bicyclic) bond motifs is 1. The molecule has 0 fully saturated rings. The summed E-state index contributed by atoms with van der Waals surface area (Å²) >= 11 is 0. The second kappa shape index (κ2) is 7.95. The van der Waals surface area contributed by atoms with Crippen LogP contribution in [0.15, 0.2) is 61.2 Å². The Morgan fingerprint density at radius 3 is 2.46 bits per heavy atom. The van der Waals surface area contributed by atoms with Gasteiger partial charge in [0.15, 0.2) is 11.5 Å². The van der Waals surface area contributed by atoms with Gasteiger partial charge in [-0.2, -0.15) is 0 Å². The average molecular weight is 353 g/mol. The van der Waals surface area contributed by atoms with Gasteiger partial charge in [-0.25, -0.2) is 0 Å². The van der Waals surface area contributed by atoms with Crippen molar-refractivity contribution in [3.8, 4) is 17.2 Å². The van der Waals surface area contributed by atoms with Crippen LogP contribution in [0.2, 0.25) is 0 Å². The number of carbonyl (C=O) groups is 1. The molecule has 0 unspecified atom stereocenters. The quantitative estimate of drug-likeness (QED) is 0.747. The minimum atomic E-state index is -0.662. The minimum absolute atomic E-state index is 0.112. The molecule has 0 radical (unpaired) electrons. The summed E-state index contributed by atoms with van der Waals surface area (Å²) in [5.74, 6) is 1.93. The molecule has 5 heteroatoms. The summed E-state index contributed by atoms with van der Waals surface area (Å²) in [4.78, 5) is 14.5. The molecule has 0 N–H and O–H groups in total. The lowest BCUT2D eigenvalue weighted by molar-refractivity contribution is -0.143. The van der Waals surface area contributed by atoms with Gasteiger partial charge >= 0.3 is 0 Å². The van der Waals surface area contributed by atoms with Crippen molar-refractivity contribution in [2.24, 2.45) is 0 Å². The van der Waals surface area contributed by atoms with Crippen LogP contribution in [0.25, 0.3) is 0 Å². The van der Waals surface area contributed by atoms with Crippen LogP contribution in [0.3, 0.4) is 0 Å². The smallest absolute Gasteiger partial charge is 0.267 e. The van der Waals surface area contributed by atoms with Gasteiger partial charge in [0.2, 0.25) is 6.10 Å². The first-order valence-corrected chi connectivity index (χ1v) is 8.58. The average Bonchev–Trinajstić information content (AvgIpc) is 2.66. The molecule has 0 bridgehead atoms. The number of hydrogen-bond donors (Lipinski definition) is 0. The number of nitrogens with zero attached hydrogens (tertiary/aromatic N) is 1. The summed E-state index contributed by atoms with van der Waals surface area (Å²) in [7, 11) is 1.76. The third-order valence-electron chi connectivity index (χ3n) is 4.17. The highest BCUT2D eigenvalue weighted by Crippen LogP contribution is 2.33. The van der Waals surface area contributed by atoms with Crippen molar-refractivity contribution in [3.63, 3.8) is 0 Å². The van der Waals surface area contributed by atoms with E-state index in [1.165, 1.54) is 0 Å². The minimum Gasteiger partial charge on any atom is -0.490 e. The van der Waals surface area contributed by atoms with Gasteiger partial charge in [-0.15, -0.1) is 0 Å². The molecule has 0 aliphatic carbocycles. The molecule has 1 aliphatic heterocycles. The van der Waals surface area contributed by atoms with Gasteiger partial charge < -0.3 is 19.1 Å². The lowest BCUT2D eigenvalue weighted by atomic mass is 10.1. The van der Waals surface area contributed by atoms with Gasteiger partial charge in [0, 0.05) is 13.6 Å². The highest BCUT2D eigenvalue weighted by molar-refractivity contribution is 5.82. The van der Waals surface area contributed by atoms with E-state index < -0.39 is 6.10 Å². The van der Waals surface area contributed by atoms with E-state index in [0.29, 0.717) is 24.7 Å². The summed E-state index contributed by atoms with van der Waals surface area (Å²) in [6.07, 6.45) is 0.686. The number of carbonyl (C=O) groups excluding carboxylic acids is 1. The third-order valence-corrected chi connectivity index (χ3v) is 4.17. The molecule has 0 saturated carbocycles. The van der Waals surface area contributed by atoms with E-state index >= 15 is 0 Å². The number of rotatable bonds is 6. The van der Waals surface area contributed by atoms with Crippen LogP contribution in [-0.4, -0.2) is 36.7 Å². The molecule has 136 valence electrons. The molecule has 2 aromatic carbocycles. The fourth-order valence-corrected chi connectivity index (χ4v) is 2.81. The maximum Gasteiger partial charge on any atom is 0.267 e. The van der Waals surface area contributed by atoms with Crippen molar-refractivity contribution in [1.82, 2.24) is 4.90 Å². The van der Waals surface area contributed by atoms with E-state index in [2.05, 4.69) is 6.58 Å². The van der Waals surface area contributed by atoms with Crippen molar-refractivity contribution in [2.45, 2.75) is 25.7 Å². The summed E-state index contributed by atoms with van der Waals surface area (Å²) in [5, 5.41) is 0. The molecule has 1 heterocycles. The van der Waals surface area contributed by atoms with Gasteiger partial charge in [0.1, 0.15) is 18.5 Å². The number of hydrogen-bond acceptors (Lipinski definition) is 4. The topological polar surface area (TPSA) is 48.0 Å². The van der Waals surface area contributed by atoms with Crippen LogP contribution in [0.1, 0.15) is 12.5 Å². The number of para-hydroxylation sites is 2. The van der Waals surface area contributed by atoms with Crippen LogP contribution in [0.5, 0.6) is 17.2 Å². The van der Waals surface area contributed by atoms with E-state index in [0.717, 1.165) is 11.3 Å². The lowest BCUT2D eigenvalue weighted by Gasteiger charge is -2.33. The molecule has 1 amide bonds. The Bertz CT molecular complexity index is 772. The molecule has 5 nitrogen and oxygen atoms in total. The molecule has 2 atom stereocenters. The number of ether oxygens (including phenoxy) is 3. The zero-order valence-corrected chi connectivity index (χ0v) is 15.1. The van der Waals surface area contributed by atoms with E-state index in [1.54, 1.807) is 18.0 Å². The SMILES string of the molecule is C=CCOc1ccc(CN(C)C(=O)[C@@H]2Oc3ccccc3O[C@@H]2C)cc1. The van der Waals surface area contributed by atoms with E-state index in [1.807, 2.05) is 55.5 Å². The molecule has 0 saturated heterocycles. The summed E-state index contributed by atoms with van der Waals surface area (Å²) < 4.78 is 17.2. The Hall–Kier alpha value is -2.95. The maximum atomic E-state index is 12.8. The molecular weight excluding hydrogens is 330 g/mol. The standard InChI is InChI=1S/C21H23NO4/c1-4-13-24-17-11-9-16(10-12-17)14-22(3)21(23)20-15(2)25-18-7-5-6-8-19(18)26-20/h4-12,15,20H,1,13-14H2,2-3H3/t15-,20-/m1/s1. The molecule has 1 aliphatic rings. The second-order valence-corrected chi connectivity index (χ2v) is 6.25. The van der Waals surface area contributed by atoms with Gasteiger partial charge in [0.05, 0.1) is 0 Å². The zero-order chi connectivity index (χ0) is 18.5. The summed E-state index contributed by atoms with van der Waals surface area (Å²) in [6.45, 7) is 6.42. The molecule has 3 rings (SSSR count). The molecule has 0 spiro atoms. The first-order chi connectivity index (χ1) is 12.6. The van der Waals surface area contributed by atoms with Crippen molar-refractivity contribution in [1.29, 1.82) is 0 Å². The van der Waals surface area contributed by atoms with Crippen molar-refractivity contribution < 1.29 is 19.0 Å². The van der Waals surface area contributed by atoms with Gasteiger partial charge in [-0.1, -0.05) is 36.9 Å². The van der Waals surface area contributed by atoms with Crippen LogP contribution in [-0.2, 0) is 11.3 Å². The highest BCUT2D eigenvalue weighted by atomic mass is 16.6. The third kappa shape index (κ3) is 3.99. The first-order valence-electron chi connectivity index (χ1n) is 8.58. The van der Waals surface area contributed by atoms with Gasteiger partial charge in [0.25, 0.3) is 5.91 Å². The Labute approximate surface area is 153 Å². The Balaban J connectivity index is 1.63. The van der Waals surface area contributed by atoms with Crippen LogP contribution >= 0.6 is 0 Å². The van der Waals surface area contributed by atoms with Crippen molar-refractivity contribution in [2.75, 3.05) is 13.7 Å².